The Labute approximate surface area is 171 Å². The third-order valence-electron chi connectivity index (χ3n) is 5.37. The lowest BCUT2D eigenvalue weighted by atomic mass is 9.87. The number of carbonyl (C=O) groups is 1. The lowest BCUT2D eigenvalue weighted by Crippen LogP contribution is -2.23. The van der Waals surface area contributed by atoms with Gasteiger partial charge < -0.3 is 0 Å². The van der Waals surface area contributed by atoms with Gasteiger partial charge in [-0.05, 0) is 19.9 Å². The average molecular weight is 386 g/mol. The molecule has 0 saturated heterocycles. The Hall–Kier alpha value is -3.08. The third kappa shape index (κ3) is 3.53. The Balaban J connectivity index is 1.94. The Morgan fingerprint density at radius 2 is 1.69 bits per heavy atom. The van der Waals surface area contributed by atoms with E-state index in [0.29, 0.717) is 6.42 Å². The standard InChI is InChI=1S/C24H26N4O/c1-15-10-12-17(13-11-15)22-18-8-6-7-9-20(18)28-16(2)26-27-23(28)19(25-22)14-21(29)24(3,4)5/h6-13,19H,14H2,1-5H3/t19-/m0/s1. The molecule has 3 aromatic rings. The lowest BCUT2D eigenvalue weighted by molar-refractivity contribution is -0.126. The molecule has 148 valence electrons. The van der Waals surface area contributed by atoms with E-state index in [0.717, 1.165) is 34.2 Å². The monoisotopic (exact) mass is 386 g/mol. The Bertz CT molecular complexity index is 1100. The molecule has 0 amide bonds. The van der Waals surface area contributed by atoms with Gasteiger partial charge in [0.15, 0.2) is 5.82 Å². The number of para-hydroxylation sites is 1. The first-order valence-electron chi connectivity index (χ1n) is 9.95. The van der Waals surface area contributed by atoms with Crippen molar-refractivity contribution in [2.75, 3.05) is 0 Å². The molecule has 2 aromatic carbocycles. The van der Waals surface area contributed by atoms with Gasteiger partial charge in [0, 0.05) is 23.0 Å². The minimum atomic E-state index is -0.432. The highest BCUT2D eigenvalue weighted by Crippen LogP contribution is 2.34. The molecule has 0 saturated carbocycles. The average Bonchev–Trinajstić information content (AvgIpc) is 3.00. The van der Waals surface area contributed by atoms with E-state index in [1.165, 1.54) is 5.56 Å². The zero-order valence-corrected chi connectivity index (χ0v) is 17.6. The molecule has 1 atom stereocenters. The Morgan fingerprint density at radius 1 is 1.00 bits per heavy atom. The van der Waals surface area contributed by atoms with Crippen molar-refractivity contribution in [1.82, 2.24) is 14.8 Å². The fourth-order valence-corrected chi connectivity index (χ4v) is 3.60. The van der Waals surface area contributed by atoms with E-state index < -0.39 is 5.41 Å². The summed E-state index contributed by atoms with van der Waals surface area (Å²) in [7, 11) is 0. The lowest BCUT2D eigenvalue weighted by Gasteiger charge is -2.19. The number of aliphatic imine (C=N–C) groups is 1. The topological polar surface area (TPSA) is 60.1 Å². The van der Waals surface area contributed by atoms with Crippen LogP contribution in [0.1, 0.15) is 61.6 Å². The van der Waals surface area contributed by atoms with Crippen molar-refractivity contribution in [3.8, 4) is 5.69 Å². The van der Waals surface area contributed by atoms with Gasteiger partial charge in [0.05, 0.1) is 11.4 Å². The van der Waals surface area contributed by atoms with Crippen LogP contribution in [0.15, 0.2) is 53.5 Å². The van der Waals surface area contributed by atoms with Gasteiger partial charge in [-0.15, -0.1) is 10.2 Å². The van der Waals surface area contributed by atoms with Gasteiger partial charge in [0.1, 0.15) is 17.6 Å². The summed E-state index contributed by atoms with van der Waals surface area (Å²) in [6.45, 7) is 9.85. The second kappa shape index (κ2) is 7.07. The molecular weight excluding hydrogens is 360 g/mol. The van der Waals surface area contributed by atoms with E-state index in [2.05, 4.69) is 53.5 Å². The number of rotatable bonds is 3. The number of hydrogen-bond donors (Lipinski definition) is 0. The minimum Gasteiger partial charge on any atom is -0.299 e. The number of Topliss-reactive ketones (excluding diaryl/α,β-unsaturated/α-hetero) is 1. The number of ketones is 1. The number of nitrogens with zero attached hydrogens (tertiary/aromatic N) is 4. The van der Waals surface area contributed by atoms with Gasteiger partial charge >= 0.3 is 0 Å². The van der Waals surface area contributed by atoms with Gasteiger partial charge in [0.2, 0.25) is 0 Å². The first-order valence-corrected chi connectivity index (χ1v) is 9.95. The van der Waals surface area contributed by atoms with Crippen LogP contribution in [0.2, 0.25) is 0 Å². The maximum atomic E-state index is 12.9. The number of carbonyl (C=O) groups excluding carboxylic acids is 1. The molecule has 0 radical (unpaired) electrons. The second-order valence-corrected chi connectivity index (χ2v) is 8.69. The molecule has 1 aromatic heterocycles. The van der Waals surface area contributed by atoms with Crippen LogP contribution in [-0.4, -0.2) is 26.3 Å². The zero-order chi connectivity index (χ0) is 20.8. The molecule has 0 unspecified atom stereocenters. The van der Waals surface area contributed by atoms with Gasteiger partial charge in [0.25, 0.3) is 0 Å². The molecule has 29 heavy (non-hydrogen) atoms. The predicted octanol–water partition coefficient (Wildman–Crippen LogP) is 4.78. The van der Waals surface area contributed by atoms with Gasteiger partial charge in [-0.1, -0.05) is 68.8 Å². The molecule has 0 bridgehead atoms. The number of fused-ring (bicyclic) bond motifs is 3. The quantitative estimate of drug-likeness (QED) is 0.651. The molecule has 5 heteroatoms. The summed E-state index contributed by atoms with van der Waals surface area (Å²) < 4.78 is 2.04. The summed E-state index contributed by atoms with van der Waals surface area (Å²) in [5.41, 5.74) is 4.70. The minimum absolute atomic E-state index is 0.160. The largest absolute Gasteiger partial charge is 0.299 e. The first kappa shape index (κ1) is 19.2. The molecule has 4 rings (SSSR count). The molecule has 1 aliphatic rings. The summed E-state index contributed by atoms with van der Waals surface area (Å²) in [4.78, 5) is 18.0. The molecule has 0 spiro atoms. The highest BCUT2D eigenvalue weighted by atomic mass is 16.1. The van der Waals surface area contributed by atoms with Crippen molar-refractivity contribution in [2.45, 2.75) is 47.1 Å². The van der Waals surface area contributed by atoms with Crippen LogP contribution < -0.4 is 0 Å². The van der Waals surface area contributed by atoms with E-state index in [-0.39, 0.29) is 11.8 Å². The van der Waals surface area contributed by atoms with E-state index in [1.807, 2.05) is 44.4 Å². The van der Waals surface area contributed by atoms with Gasteiger partial charge in [-0.2, -0.15) is 0 Å². The van der Waals surface area contributed by atoms with Crippen molar-refractivity contribution < 1.29 is 4.79 Å². The highest BCUT2D eigenvalue weighted by molar-refractivity contribution is 6.15. The second-order valence-electron chi connectivity index (χ2n) is 8.69. The summed E-state index contributed by atoms with van der Waals surface area (Å²) in [5.74, 6) is 1.67. The number of aryl methyl sites for hydroxylation is 2. The maximum absolute atomic E-state index is 12.9. The highest BCUT2D eigenvalue weighted by Gasteiger charge is 2.32. The van der Waals surface area contributed by atoms with E-state index in [9.17, 15) is 4.79 Å². The predicted molar refractivity (Wildman–Crippen MR) is 115 cm³/mol. The van der Waals surface area contributed by atoms with Crippen LogP contribution in [0.3, 0.4) is 0 Å². The van der Waals surface area contributed by atoms with Crippen molar-refractivity contribution in [1.29, 1.82) is 0 Å². The van der Waals surface area contributed by atoms with Crippen molar-refractivity contribution in [3.05, 3.63) is 76.9 Å². The van der Waals surface area contributed by atoms with E-state index in [1.54, 1.807) is 0 Å². The number of hydrogen-bond acceptors (Lipinski definition) is 4. The molecule has 5 nitrogen and oxygen atoms in total. The normalized spacial score (nSPS) is 15.9. The van der Waals surface area contributed by atoms with Crippen LogP contribution in [0, 0.1) is 19.3 Å². The van der Waals surface area contributed by atoms with Crippen molar-refractivity contribution >= 4 is 11.5 Å². The molecule has 0 aliphatic carbocycles. The van der Waals surface area contributed by atoms with Crippen LogP contribution >= 0.6 is 0 Å². The fraction of sp³-hybridized carbons (Fsp3) is 0.333. The summed E-state index contributed by atoms with van der Waals surface area (Å²) in [5, 5.41) is 8.73. The fourth-order valence-electron chi connectivity index (χ4n) is 3.60. The van der Waals surface area contributed by atoms with E-state index in [4.69, 9.17) is 4.99 Å². The smallest absolute Gasteiger partial charge is 0.162 e. The number of aromatic nitrogens is 3. The van der Waals surface area contributed by atoms with Crippen molar-refractivity contribution in [3.63, 3.8) is 0 Å². The zero-order valence-electron chi connectivity index (χ0n) is 17.6. The summed E-state index contributed by atoms with van der Waals surface area (Å²) >= 11 is 0. The first-order chi connectivity index (χ1) is 13.8. The van der Waals surface area contributed by atoms with E-state index >= 15 is 0 Å². The molecule has 0 fully saturated rings. The van der Waals surface area contributed by atoms with Crippen LogP contribution in [0.4, 0.5) is 0 Å². The molecule has 2 heterocycles. The van der Waals surface area contributed by atoms with Crippen molar-refractivity contribution in [2.24, 2.45) is 10.4 Å². The summed E-state index contributed by atoms with van der Waals surface area (Å²) in [6.07, 6.45) is 0.297. The molecule has 1 aliphatic heterocycles. The van der Waals surface area contributed by atoms with Crippen LogP contribution in [0.5, 0.6) is 0 Å². The molecular formula is C24H26N4O. The maximum Gasteiger partial charge on any atom is 0.162 e. The van der Waals surface area contributed by atoms with Crippen LogP contribution in [0.25, 0.3) is 5.69 Å². The number of benzene rings is 2. The third-order valence-corrected chi connectivity index (χ3v) is 5.37. The van der Waals surface area contributed by atoms with Gasteiger partial charge in [-0.25, -0.2) is 0 Å². The van der Waals surface area contributed by atoms with Crippen LogP contribution in [-0.2, 0) is 4.79 Å². The molecule has 0 N–H and O–H groups in total. The SMILES string of the molecule is Cc1ccc(C2=N[C@@H](CC(=O)C(C)(C)C)c3nnc(C)n3-c3ccccc32)cc1. The van der Waals surface area contributed by atoms with Gasteiger partial charge in [-0.3, -0.25) is 14.4 Å². The Kier molecular flexibility index (Phi) is 4.69. The Morgan fingerprint density at radius 3 is 2.38 bits per heavy atom. The summed E-state index contributed by atoms with van der Waals surface area (Å²) in [6, 6.07) is 16.1.